The lowest BCUT2D eigenvalue weighted by Crippen LogP contribution is -2.64. The van der Waals surface area contributed by atoms with Crippen molar-refractivity contribution >= 4 is 18.3 Å². The van der Waals surface area contributed by atoms with Crippen molar-refractivity contribution in [2.75, 3.05) is 33.2 Å². The second-order valence-electron chi connectivity index (χ2n) is 10.5. The standard InChI is InChI=1S/C31H29F2N5O.ClH/c1-36(20-24-10-22(18-34)12-28(32)14-24)30(39)31(16-26-4-2-3-5-27(26)17-31)38-8-6-37(7-9-38)21-25-11-23(19-35)13-29(33)15-25;/h2-5,10-15H,6-9,16-17,20-21H2,1H3;1H. The van der Waals surface area contributed by atoms with Gasteiger partial charge in [-0.3, -0.25) is 14.6 Å². The number of halogens is 3. The van der Waals surface area contributed by atoms with Crippen LogP contribution in [0.4, 0.5) is 8.78 Å². The van der Waals surface area contributed by atoms with Crippen molar-refractivity contribution in [2.24, 2.45) is 0 Å². The first-order valence-electron chi connectivity index (χ1n) is 13.0. The molecular weight excluding hydrogens is 532 g/mol. The van der Waals surface area contributed by atoms with Gasteiger partial charge in [0.05, 0.1) is 23.3 Å². The molecule has 2 aliphatic rings. The number of carbonyl (C=O) groups excluding carboxylic acids is 1. The summed E-state index contributed by atoms with van der Waals surface area (Å²) >= 11 is 0. The minimum atomic E-state index is -0.761. The van der Waals surface area contributed by atoms with Crippen molar-refractivity contribution in [3.05, 3.63) is 106 Å². The molecule has 0 N–H and O–H groups in total. The van der Waals surface area contributed by atoms with E-state index in [4.69, 9.17) is 0 Å². The summed E-state index contributed by atoms with van der Waals surface area (Å²) in [6, 6.07) is 20.7. The molecule has 6 nitrogen and oxygen atoms in total. The molecule has 3 aromatic carbocycles. The molecule has 1 heterocycles. The topological polar surface area (TPSA) is 74.4 Å². The van der Waals surface area contributed by atoms with Crippen LogP contribution in [0.3, 0.4) is 0 Å². The minimum Gasteiger partial charge on any atom is -0.340 e. The summed E-state index contributed by atoms with van der Waals surface area (Å²) < 4.78 is 28.0. The van der Waals surface area contributed by atoms with E-state index in [-0.39, 0.29) is 30.4 Å². The van der Waals surface area contributed by atoms with Crippen LogP contribution in [-0.2, 0) is 30.7 Å². The van der Waals surface area contributed by atoms with Gasteiger partial charge in [0, 0.05) is 59.2 Å². The Morgan fingerprint density at radius 3 is 1.95 bits per heavy atom. The maximum Gasteiger partial charge on any atom is 0.243 e. The summed E-state index contributed by atoms with van der Waals surface area (Å²) in [7, 11) is 1.73. The number of carbonyl (C=O) groups is 1. The number of fused-ring (bicyclic) bond motifs is 1. The van der Waals surface area contributed by atoms with E-state index < -0.39 is 17.2 Å². The van der Waals surface area contributed by atoms with Crippen molar-refractivity contribution in [1.29, 1.82) is 10.5 Å². The van der Waals surface area contributed by atoms with Gasteiger partial charge in [-0.2, -0.15) is 10.5 Å². The van der Waals surface area contributed by atoms with Crippen LogP contribution in [0, 0.1) is 34.3 Å². The highest BCUT2D eigenvalue weighted by molar-refractivity contribution is 5.88. The molecule has 0 saturated carbocycles. The fourth-order valence-electron chi connectivity index (χ4n) is 6.01. The van der Waals surface area contributed by atoms with E-state index in [1.807, 2.05) is 24.3 Å². The van der Waals surface area contributed by atoms with Gasteiger partial charge in [-0.05, 0) is 58.7 Å². The highest BCUT2D eigenvalue weighted by Crippen LogP contribution is 2.37. The third-order valence-electron chi connectivity index (χ3n) is 7.81. The van der Waals surface area contributed by atoms with Gasteiger partial charge in [0.2, 0.25) is 5.91 Å². The zero-order valence-electron chi connectivity index (χ0n) is 22.2. The van der Waals surface area contributed by atoms with Crippen LogP contribution in [0.2, 0.25) is 0 Å². The van der Waals surface area contributed by atoms with E-state index >= 15 is 0 Å². The zero-order chi connectivity index (χ0) is 27.6. The van der Waals surface area contributed by atoms with Gasteiger partial charge in [-0.15, -0.1) is 12.4 Å². The summed E-state index contributed by atoms with van der Waals surface area (Å²) in [4.78, 5) is 20.3. The molecule has 0 unspecified atom stereocenters. The van der Waals surface area contributed by atoms with E-state index in [1.54, 1.807) is 24.1 Å². The van der Waals surface area contributed by atoms with Crippen LogP contribution in [0.1, 0.15) is 33.4 Å². The van der Waals surface area contributed by atoms with Crippen LogP contribution in [0.15, 0.2) is 60.7 Å². The molecule has 206 valence electrons. The second kappa shape index (κ2) is 12.1. The number of hydrogen-bond donors (Lipinski definition) is 0. The summed E-state index contributed by atoms with van der Waals surface area (Å²) in [6.07, 6.45) is 1.18. The Bertz CT molecular complexity index is 1460. The van der Waals surface area contributed by atoms with E-state index in [0.29, 0.717) is 56.7 Å². The lowest BCUT2D eigenvalue weighted by molar-refractivity contribution is -0.145. The molecule has 0 bridgehead atoms. The van der Waals surface area contributed by atoms with Gasteiger partial charge >= 0.3 is 0 Å². The molecule has 1 amide bonds. The van der Waals surface area contributed by atoms with Crippen molar-refractivity contribution in [3.8, 4) is 12.1 Å². The number of nitriles is 2. The maximum atomic E-state index is 14.2. The Morgan fingerprint density at radius 2 is 1.40 bits per heavy atom. The van der Waals surface area contributed by atoms with Gasteiger partial charge in [0.1, 0.15) is 17.2 Å². The lowest BCUT2D eigenvalue weighted by Gasteiger charge is -2.46. The Kier molecular flexibility index (Phi) is 8.85. The van der Waals surface area contributed by atoms with Crippen molar-refractivity contribution < 1.29 is 13.6 Å². The van der Waals surface area contributed by atoms with Crippen LogP contribution >= 0.6 is 12.4 Å². The lowest BCUT2D eigenvalue weighted by atomic mass is 9.90. The number of amides is 1. The van der Waals surface area contributed by atoms with Gasteiger partial charge in [-0.1, -0.05) is 24.3 Å². The summed E-state index contributed by atoms with van der Waals surface area (Å²) in [5.41, 5.74) is 3.41. The van der Waals surface area contributed by atoms with E-state index in [0.717, 1.165) is 16.7 Å². The smallest absolute Gasteiger partial charge is 0.243 e. The largest absolute Gasteiger partial charge is 0.340 e. The first-order valence-corrected chi connectivity index (χ1v) is 13.0. The SMILES string of the molecule is CN(Cc1cc(F)cc(C#N)c1)C(=O)C1(N2CCN(Cc3cc(F)cc(C#N)c3)CC2)Cc2ccccc2C1.Cl. The van der Waals surface area contributed by atoms with Crippen LogP contribution < -0.4 is 0 Å². The Labute approximate surface area is 239 Å². The molecule has 1 aliphatic carbocycles. The Morgan fingerprint density at radius 1 is 0.875 bits per heavy atom. The van der Waals surface area contributed by atoms with Gasteiger partial charge in [0.25, 0.3) is 0 Å². The Hall–Kier alpha value is -3.82. The quantitative estimate of drug-likeness (QED) is 0.445. The van der Waals surface area contributed by atoms with Gasteiger partial charge < -0.3 is 4.90 Å². The van der Waals surface area contributed by atoms with E-state index in [1.165, 1.54) is 24.3 Å². The number of likely N-dealkylation sites (N-methyl/N-ethyl adjacent to an activating group) is 1. The van der Waals surface area contributed by atoms with Crippen LogP contribution in [0.25, 0.3) is 0 Å². The number of nitrogens with zero attached hydrogens (tertiary/aromatic N) is 5. The third-order valence-corrected chi connectivity index (χ3v) is 7.81. The zero-order valence-corrected chi connectivity index (χ0v) is 23.1. The highest BCUT2D eigenvalue weighted by Gasteiger charge is 2.50. The molecule has 9 heteroatoms. The molecule has 0 spiro atoms. The van der Waals surface area contributed by atoms with Crippen molar-refractivity contribution in [1.82, 2.24) is 14.7 Å². The molecule has 1 saturated heterocycles. The molecular formula is C31H30ClF2N5O. The molecule has 0 atom stereocenters. The molecule has 1 fully saturated rings. The normalized spacial score (nSPS) is 16.3. The first kappa shape index (κ1) is 29.2. The predicted molar refractivity (Wildman–Crippen MR) is 149 cm³/mol. The number of benzene rings is 3. The fraction of sp³-hybridized carbons (Fsp3) is 0.323. The van der Waals surface area contributed by atoms with Crippen molar-refractivity contribution in [2.45, 2.75) is 31.5 Å². The predicted octanol–water partition coefficient (Wildman–Crippen LogP) is 4.44. The summed E-state index contributed by atoms with van der Waals surface area (Å²) in [5, 5.41) is 18.4. The number of hydrogen-bond acceptors (Lipinski definition) is 5. The van der Waals surface area contributed by atoms with Crippen LogP contribution in [-0.4, -0.2) is 59.4 Å². The number of rotatable bonds is 6. The van der Waals surface area contributed by atoms with Crippen molar-refractivity contribution in [3.63, 3.8) is 0 Å². The first-order chi connectivity index (χ1) is 18.8. The van der Waals surface area contributed by atoms with E-state index in [2.05, 4.69) is 21.9 Å². The Balaban J connectivity index is 0.00000370. The van der Waals surface area contributed by atoms with Gasteiger partial charge in [-0.25, -0.2) is 8.78 Å². The average Bonchev–Trinajstić information content (AvgIpc) is 3.33. The monoisotopic (exact) mass is 561 g/mol. The highest BCUT2D eigenvalue weighted by atomic mass is 35.5. The minimum absolute atomic E-state index is 0. The molecule has 5 rings (SSSR count). The molecule has 0 radical (unpaired) electrons. The maximum absolute atomic E-state index is 14.2. The van der Waals surface area contributed by atoms with E-state index in [9.17, 15) is 24.1 Å². The van der Waals surface area contributed by atoms with Gasteiger partial charge in [0.15, 0.2) is 0 Å². The second-order valence-corrected chi connectivity index (χ2v) is 10.5. The molecule has 3 aromatic rings. The molecule has 1 aliphatic heterocycles. The summed E-state index contributed by atoms with van der Waals surface area (Å²) in [6.45, 7) is 3.44. The average molecular weight is 562 g/mol. The fourth-order valence-corrected chi connectivity index (χ4v) is 6.01. The number of piperazine rings is 1. The van der Waals surface area contributed by atoms with Crippen LogP contribution in [0.5, 0.6) is 0 Å². The summed E-state index contributed by atoms with van der Waals surface area (Å²) in [5.74, 6) is -0.943. The molecule has 0 aromatic heterocycles. The third kappa shape index (κ3) is 6.00. The molecule has 40 heavy (non-hydrogen) atoms.